The molecular formula is C22H27NO5. The van der Waals surface area contributed by atoms with Crippen LogP contribution in [0, 0.1) is 0 Å². The number of hydrogen-bond donors (Lipinski definition) is 1. The van der Waals surface area contributed by atoms with Gasteiger partial charge in [-0.3, -0.25) is 9.69 Å². The van der Waals surface area contributed by atoms with E-state index in [1.165, 1.54) is 0 Å². The van der Waals surface area contributed by atoms with Gasteiger partial charge in [-0.05, 0) is 43.1 Å². The van der Waals surface area contributed by atoms with E-state index in [1.807, 2.05) is 42.5 Å². The minimum Gasteiger partial charge on any atom is -0.496 e. The Bertz CT molecular complexity index is 822. The molecule has 0 bridgehead atoms. The Morgan fingerprint density at radius 1 is 1.00 bits per heavy atom. The Hall–Kier alpha value is -2.73. The second kappa shape index (κ2) is 8.97. The molecule has 0 radical (unpaired) electrons. The zero-order valence-electron chi connectivity index (χ0n) is 16.6. The van der Waals surface area contributed by atoms with Gasteiger partial charge in [0.15, 0.2) is 11.5 Å². The predicted octanol–water partition coefficient (Wildman–Crippen LogP) is 3.74. The van der Waals surface area contributed by atoms with Gasteiger partial charge in [0.05, 0.1) is 27.4 Å². The molecule has 1 saturated heterocycles. The number of nitrogens with zero attached hydrogens (tertiary/aromatic N) is 1. The largest absolute Gasteiger partial charge is 0.496 e. The molecule has 28 heavy (non-hydrogen) atoms. The molecule has 2 aromatic carbocycles. The average Bonchev–Trinajstić information content (AvgIpc) is 2.74. The quantitative estimate of drug-likeness (QED) is 0.783. The van der Waals surface area contributed by atoms with Crippen molar-refractivity contribution in [2.45, 2.75) is 31.3 Å². The van der Waals surface area contributed by atoms with E-state index < -0.39 is 12.0 Å². The molecule has 0 aliphatic carbocycles. The maximum absolute atomic E-state index is 12.0. The Balaban J connectivity index is 2.16. The molecule has 6 heteroatoms. The average molecular weight is 385 g/mol. The summed E-state index contributed by atoms with van der Waals surface area (Å²) in [7, 11) is 4.83. The lowest BCUT2D eigenvalue weighted by Gasteiger charge is -2.40. The van der Waals surface area contributed by atoms with Gasteiger partial charge < -0.3 is 19.3 Å². The number of carboxylic acids is 1. The number of carbonyl (C=O) groups is 1. The summed E-state index contributed by atoms with van der Waals surface area (Å²) in [5, 5.41) is 9.84. The van der Waals surface area contributed by atoms with Gasteiger partial charge in [0.1, 0.15) is 11.8 Å². The predicted molar refractivity (Wildman–Crippen MR) is 106 cm³/mol. The van der Waals surface area contributed by atoms with Crippen molar-refractivity contribution in [1.29, 1.82) is 0 Å². The molecular weight excluding hydrogens is 358 g/mol. The summed E-state index contributed by atoms with van der Waals surface area (Å²) in [6.45, 7) is 0.702. The van der Waals surface area contributed by atoms with Crippen molar-refractivity contribution in [2.24, 2.45) is 0 Å². The molecule has 2 atom stereocenters. The number of likely N-dealkylation sites (tertiary alicyclic amines) is 1. The summed E-state index contributed by atoms with van der Waals surface area (Å²) in [4.78, 5) is 14.1. The van der Waals surface area contributed by atoms with E-state index in [-0.39, 0.29) is 6.04 Å². The van der Waals surface area contributed by atoms with Crippen molar-refractivity contribution in [3.05, 3.63) is 53.6 Å². The van der Waals surface area contributed by atoms with E-state index in [9.17, 15) is 9.90 Å². The van der Waals surface area contributed by atoms with Crippen LogP contribution in [0.4, 0.5) is 0 Å². The van der Waals surface area contributed by atoms with Crippen LogP contribution >= 0.6 is 0 Å². The highest BCUT2D eigenvalue weighted by Crippen LogP contribution is 2.41. The van der Waals surface area contributed by atoms with Gasteiger partial charge in [0, 0.05) is 5.56 Å². The second-order valence-corrected chi connectivity index (χ2v) is 6.85. The first-order valence-electron chi connectivity index (χ1n) is 9.44. The first kappa shape index (κ1) is 20.0. The van der Waals surface area contributed by atoms with Crippen molar-refractivity contribution < 1.29 is 24.1 Å². The van der Waals surface area contributed by atoms with Gasteiger partial charge in [0.25, 0.3) is 0 Å². The molecule has 0 saturated carbocycles. The summed E-state index contributed by atoms with van der Waals surface area (Å²) >= 11 is 0. The van der Waals surface area contributed by atoms with Gasteiger partial charge in [-0.2, -0.15) is 0 Å². The van der Waals surface area contributed by atoms with E-state index >= 15 is 0 Å². The van der Waals surface area contributed by atoms with Crippen molar-refractivity contribution in [3.63, 3.8) is 0 Å². The molecule has 1 aliphatic rings. The highest BCUT2D eigenvalue weighted by atomic mass is 16.5. The van der Waals surface area contributed by atoms with Crippen LogP contribution in [0.25, 0.3) is 0 Å². The van der Waals surface area contributed by atoms with Crippen LogP contribution in [0.15, 0.2) is 42.5 Å². The van der Waals surface area contributed by atoms with E-state index in [0.29, 0.717) is 24.5 Å². The molecule has 1 aliphatic heterocycles. The van der Waals surface area contributed by atoms with Crippen LogP contribution in [0.3, 0.4) is 0 Å². The number of piperidine rings is 1. The summed E-state index contributed by atoms with van der Waals surface area (Å²) in [5.41, 5.74) is 1.88. The van der Waals surface area contributed by atoms with E-state index in [4.69, 9.17) is 14.2 Å². The molecule has 0 amide bonds. The third-order valence-electron chi connectivity index (χ3n) is 5.32. The van der Waals surface area contributed by atoms with Crippen LogP contribution in [0.1, 0.15) is 36.4 Å². The van der Waals surface area contributed by atoms with Gasteiger partial charge in [0.2, 0.25) is 0 Å². The smallest absolute Gasteiger partial charge is 0.320 e. The topological polar surface area (TPSA) is 68.2 Å². The lowest BCUT2D eigenvalue weighted by atomic mass is 9.91. The zero-order valence-corrected chi connectivity index (χ0v) is 16.6. The molecule has 3 rings (SSSR count). The Morgan fingerprint density at radius 2 is 1.71 bits per heavy atom. The molecule has 2 unspecified atom stereocenters. The van der Waals surface area contributed by atoms with Crippen LogP contribution in [-0.2, 0) is 4.79 Å². The molecule has 1 N–H and O–H groups in total. The monoisotopic (exact) mass is 385 g/mol. The van der Waals surface area contributed by atoms with E-state index in [0.717, 1.165) is 29.7 Å². The number of benzene rings is 2. The number of ether oxygens (including phenoxy) is 3. The fraction of sp³-hybridized carbons (Fsp3) is 0.409. The Morgan fingerprint density at radius 3 is 2.39 bits per heavy atom. The third kappa shape index (κ3) is 3.92. The highest BCUT2D eigenvalue weighted by Gasteiger charge is 2.36. The number of para-hydroxylation sites is 1. The van der Waals surface area contributed by atoms with Gasteiger partial charge >= 0.3 is 5.97 Å². The number of carboxylic acid groups (broad SMARTS) is 1. The molecule has 1 heterocycles. The second-order valence-electron chi connectivity index (χ2n) is 6.85. The Labute approximate surface area is 165 Å². The summed E-state index contributed by atoms with van der Waals surface area (Å²) in [5.74, 6) is 1.19. The Kier molecular flexibility index (Phi) is 6.41. The van der Waals surface area contributed by atoms with Crippen molar-refractivity contribution in [1.82, 2.24) is 4.90 Å². The number of hydrogen-bond acceptors (Lipinski definition) is 5. The fourth-order valence-electron chi connectivity index (χ4n) is 3.99. The van der Waals surface area contributed by atoms with Crippen LogP contribution in [-0.4, -0.2) is 49.9 Å². The fourth-order valence-corrected chi connectivity index (χ4v) is 3.99. The first-order valence-corrected chi connectivity index (χ1v) is 9.44. The number of methoxy groups -OCH3 is 3. The standard InChI is InChI=1S/C22H27NO5/c1-26-18-10-5-4-8-16(18)21(23-13-7-6-9-17(23)22(24)25)15-11-12-19(27-2)20(14-15)28-3/h4-5,8,10-12,14,17,21H,6-7,9,13H2,1-3H3,(H,24,25). The van der Waals surface area contributed by atoms with Crippen LogP contribution in [0.5, 0.6) is 17.2 Å². The maximum atomic E-state index is 12.0. The molecule has 1 fully saturated rings. The molecule has 0 spiro atoms. The van der Waals surface area contributed by atoms with Crippen molar-refractivity contribution >= 4 is 5.97 Å². The van der Waals surface area contributed by atoms with Crippen molar-refractivity contribution in [2.75, 3.05) is 27.9 Å². The van der Waals surface area contributed by atoms with E-state index in [1.54, 1.807) is 21.3 Å². The third-order valence-corrected chi connectivity index (χ3v) is 5.32. The number of rotatable bonds is 7. The lowest BCUT2D eigenvalue weighted by molar-refractivity contribution is -0.145. The summed E-state index contributed by atoms with van der Waals surface area (Å²) < 4.78 is 16.5. The zero-order chi connectivity index (χ0) is 20.1. The minimum absolute atomic E-state index is 0.266. The van der Waals surface area contributed by atoms with Gasteiger partial charge in [-0.1, -0.05) is 30.7 Å². The number of aliphatic carboxylic acids is 1. The van der Waals surface area contributed by atoms with Crippen LogP contribution < -0.4 is 14.2 Å². The lowest BCUT2D eigenvalue weighted by Crippen LogP contribution is -2.46. The molecule has 0 aromatic heterocycles. The van der Waals surface area contributed by atoms with E-state index in [2.05, 4.69) is 4.90 Å². The maximum Gasteiger partial charge on any atom is 0.320 e. The van der Waals surface area contributed by atoms with Gasteiger partial charge in [-0.15, -0.1) is 0 Å². The van der Waals surface area contributed by atoms with Crippen LogP contribution in [0.2, 0.25) is 0 Å². The van der Waals surface area contributed by atoms with Gasteiger partial charge in [-0.25, -0.2) is 0 Å². The summed E-state index contributed by atoms with van der Waals surface area (Å²) in [6.07, 6.45) is 2.51. The normalized spacial score (nSPS) is 18.3. The molecule has 6 nitrogen and oxygen atoms in total. The SMILES string of the molecule is COc1ccc(C(c2ccccc2OC)N2CCCCC2C(=O)O)cc1OC. The first-order chi connectivity index (χ1) is 13.6. The van der Waals surface area contributed by atoms with Crippen molar-refractivity contribution in [3.8, 4) is 17.2 Å². The highest BCUT2D eigenvalue weighted by molar-refractivity contribution is 5.74. The molecule has 2 aromatic rings. The summed E-state index contributed by atoms with van der Waals surface area (Å²) in [6, 6.07) is 12.7. The molecule has 150 valence electrons. The minimum atomic E-state index is -0.792.